The van der Waals surface area contributed by atoms with E-state index >= 15 is 0 Å². The molecule has 1 N–H and O–H groups in total. The third-order valence-corrected chi connectivity index (χ3v) is 5.62. The van der Waals surface area contributed by atoms with Crippen LogP contribution in [-0.4, -0.2) is 46.1 Å². The van der Waals surface area contributed by atoms with Gasteiger partial charge in [0.25, 0.3) is 0 Å². The Morgan fingerprint density at radius 1 is 1.17 bits per heavy atom. The summed E-state index contributed by atoms with van der Waals surface area (Å²) in [6.07, 6.45) is 1.55. The molecule has 128 valence electrons. The maximum Gasteiger partial charge on any atom is 0.220 e. The maximum absolute atomic E-state index is 11.8. The van der Waals surface area contributed by atoms with Gasteiger partial charge < -0.3 is 14.8 Å². The summed E-state index contributed by atoms with van der Waals surface area (Å²) < 4.78 is 33.3. The number of carbonyl (C=O) groups excluding carboxylic acids is 1. The first kappa shape index (κ1) is 17.6. The number of amides is 1. The van der Waals surface area contributed by atoms with Gasteiger partial charge in [-0.3, -0.25) is 4.79 Å². The molecule has 1 aliphatic heterocycles. The summed E-state index contributed by atoms with van der Waals surface area (Å²) in [5, 5.41) is 2.81. The minimum Gasteiger partial charge on any atom is -0.497 e. The van der Waals surface area contributed by atoms with Gasteiger partial charge in [-0.1, -0.05) is 0 Å². The number of sulfone groups is 1. The fourth-order valence-electron chi connectivity index (χ4n) is 2.51. The average molecular weight is 341 g/mol. The van der Waals surface area contributed by atoms with E-state index in [9.17, 15) is 13.2 Å². The van der Waals surface area contributed by atoms with Crippen molar-refractivity contribution in [1.82, 2.24) is 5.32 Å². The summed E-state index contributed by atoms with van der Waals surface area (Å²) >= 11 is 0. The summed E-state index contributed by atoms with van der Waals surface area (Å²) in [5.74, 6) is 2.00. The molecule has 0 radical (unpaired) electrons. The van der Waals surface area contributed by atoms with Crippen molar-refractivity contribution in [2.75, 3.05) is 31.8 Å². The second-order valence-corrected chi connectivity index (χ2v) is 7.98. The van der Waals surface area contributed by atoms with Crippen molar-refractivity contribution >= 4 is 15.7 Å². The molecule has 0 aromatic heterocycles. The van der Waals surface area contributed by atoms with Gasteiger partial charge in [-0.15, -0.1) is 0 Å². The molecule has 1 aromatic rings. The summed E-state index contributed by atoms with van der Waals surface area (Å²) in [6.45, 7) is 0.812. The van der Waals surface area contributed by atoms with Gasteiger partial charge in [0.05, 0.1) is 25.2 Å². The molecule has 0 aliphatic carbocycles. The topological polar surface area (TPSA) is 81.7 Å². The lowest BCUT2D eigenvalue weighted by atomic mass is 9.98. The van der Waals surface area contributed by atoms with Gasteiger partial charge in [0.2, 0.25) is 5.91 Å². The standard InChI is InChI=1S/C16H23NO5S/c1-21-14-2-4-15(5-3-14)22-9-8-17-16(18)12-13-6-10-23(19,20)11-7-13/h2-5,13H,6-12H2,1H3,(H,17,18). The fourth-order valence-corrected chi connectivity index (χ4v) is 4.10. The van der Waals surface area contributed by atoms with E-state index in [1.807, 2.05) is 24.3 Å². The SMILES string of the molecule is COc1ccc(OCCNC(=O)CC2CCS(=O)(=O)CC2)cc1. The second-order valence-electron chi connectivity index (χ2n) is 5.67. The Labute approximate surface area is 137 Å². The zero-order chi connectivity index (χ0) is 16.7. The summed E-state index contributed by atoms with van der Waals surface area (Å²) in [6, 6.07) is 7.24. The fraction of sp³-hybridized carbons (Fsp3) is 0.562. The van der Waals surface area contributed by atoms with E-state index in [2.05, 4.69) is 5.32 Å². The maximum atomic E-state index is 11.8. The van der Waals surface area contributed by atoms with Crippen LogP contribution in [-0.2, 0) is 14.6 Å². The Morgan fingerprint density at radius 3 is 2.39 bits per heavy atom. The van der Waals surface area contributed by atoms with Gasteiger partial charge in [-0.25, -0.2) is 8.42 Å². The molecule has 2 rings (SSSR count). The van der Waals surface area contributed by atoms with Gasteiger partial charge in [0.15, 0.2) is 0 Å². The lowest BCUT2D eigenvalue weighted by Gasteiger charge is -2.21. The van der Waals surface area contributed by atoms with Crippen molar-refractivity contribution < 1.29 is 22.7 Å². The molecule has 1 amide bonds. The van der Waals surface area contributed by atoms with Crippen LogP contribution in [0.25, 0.3) is 0 Å². The molecule has 1 saturated heterocycles. The van der Waals surface area contributed by atoms with Crippen molar-refractivity contribution in [3.8, 4) is 11.5 Å². The Morgan fingerprint density at radius 2 is 1.78 bits per heavy atom. The predicted molar refractivity (Wildman–Crippen MR) is 87.5 cm³/mol. The molecular formula is C16H23NO5S. The van der Waals surface area contributed by atoms with Gasteiger partial charge in [-0.2, -0.15) is 0 Å². The van der Waals surface area contributed by atoms with Crippen LogP contribution >= 0.6 is 0 Å². The first-order valence-corrected chi connectivity index (χ1v) is 9.54. The molecule has 0 bridgehead atoms. The van der Waals surface area contributed by atoms with E-state index in [4.69, 9.17) is 9.47 Å². The summed E-state index contributed by atoms with van der Waals surface area (Å²) in [5.41, 5.74) is 0. The van der Waals surface area contributed by atoms with Gasteiger partial charge in [0, 0.05) is 6.42 Å². The Kier molecular flexibility index (Phi) is 6.27. The third kappa shape index (κ3) is 6.09. The summed E-state index contributed by atoms with van der Waals surface area (Å²) in [4.78, 5) is 11.8. The van der Waals surface area contributed by atoms with Crippen LogP contribution in [0.4, 0.5) is 0 Å². The highest BCUT2D eigenvalue weighted by Crippen LogP contribution is 2.21. The molecule has 0 saturated carbocycles. The van der Waals surface area contributed by atoms with Crippen LogP contribution in [0.5, 0.6) is 11.5 Å². The molecule has 1 aliphatic rings. The van der Waals surface area contributed by atoms with E-state index < -0.39 is 9.84 Å². The van der Waals surface area contributed by atoms with Crippen molar-refractivity contribution in [3.63, 3.8) is 0 Å². The van der Waals surface area contributed by atoms with Crippen molar-refractivity contribution in [1.29, 1.82) is 0 Å². The lowest BCUT2D eigenvalue weighted by molar-refractivity contribution is -0.122. The number of hydrogen-bond acceptors (Lipinski definition) is 5. The highest BCUT2D eigenvalue weighted by Gasteiger charge is 2.25. The second kappa shape index (κ2) is 8.19. The minimum atomic E-state index is -2.87. The van der Waals surface area contributed by atoms with Crippen molar-refractivity contribution in [3.05, 3.63) is 24.3 Å². The van der Waals surface area contributed by atoms with Crippen molar-refractivity contribution in [2.24, 2.45) is 5.92 Å². The Bertz CT molecular complexity index is 598. The first-order chi connectivity index (χ1) is 11.0. The van der Waals surface area contributed by atoms with Gasteiger partial charge >= 0.3 is 0 Å². The van der Waals surface area contributed by atoms with Crippen LogP contribution in [0, 0.1) is 5.92 Å². The molecule has 0 spiro atoms. The van der Waals surface area contributed by atoms with E-state index in [1.165, 1.54) is 0 Å². The van der Waals surface area contributed by atoms with Crippen LogP contribution < -0.4 is 14.8 Å². The minimum absolute atomic E-state index is 0.0485. The molecule has 1 fully saturated rings. The Hall–Kier alpha value is -1.76. The van der Waals surface area contributed by atoms with Gasteiger partial charge in [-0.05, 0) is 43.0 Å². The Balaban J connectivity index is 1.61. The monoisotopic (exact) mass is 341 g/mol. The largest absolute Gasteiger partial charge is 0.497 e. The molecule has 6 nitrogen and oxygen atoms in total. The number of nitrogens with one attached hydrogen (secondary N) is 1. The number of benzene rings is 1. The first-order valence-electron chi connectivity index (χ1n) is 7.72. The normalized spacial score (nSPS) is 17.4. The molecule has 7 heteroatoms. The molecule has 23 heavy (non-hydrogen) atoms. The van der Waals surface area contributed by atoms with Crippen LogP contribution in [0.3, 0.4) is 0 Å². The van der Waals surface area contributed by atoms with Gasteiger partial charge in [0.1, 0.15) is 27.9 Å². The molecular weight excluding hydrogens is 318 g/mol. The van der Waals surface area contributed by atoms with E-state index in [1.54, 1.807) is 7.11 Å². The lowest BCUT2D eigenvalue weighted by Crippen LogP contribution is -2.32. The highest BCUT2D eigenvalue weighted by molar-refractivity contribution is 7.91. The zero-order valence-corrected chi connectivity index (χ0v) is 14.1. The smallest absolute Gasteiger partial charge is 0.220 e. The third-order valence-electron chi connectivity index (χ3n) is 3.90. The quantitative estimate of drug-likeness (QED) is 0.758. The number of hydrogen-bond donors (Lipinski definition) is 1. The van der Waals surface area contributed by atoms with E-state index in [0.717, 1.165) is 11.5 Å². The zero-order valence-electron chi connectivity index (χ0n) is 13.3. The average Bonchev–Trinajstić information content (AvgIpc) is 2.54. The molecule has 1 aromatic carbocycles. The molecule has 0 unspecified atom stereocenters. The number of carbonyl (C=O) groups is 1. The number of rotatable bonds is 7. The molecule has 0 atom stereocenters. The van der Waals surface area contributed by atoms with Crippen molar-refractivity contribution in [2.45, 2.75) is 19.3 Å². The number of methoxy groups -OCH3 is 1. The number of ether oxygens (including phenoxy) is 2. The van der Waals surface area contributed by atoms with Crippen LogP contribution in [0.2, 0.25) is 0 Å². The molecule has 1 heterocycles. The van der Waals surface area contributed by atoms with E-state index in [-0.39, 0.29) is 23.3 Å². The van der Waals surface area contributed by atoms with Crippen LogP contribution in [0.1, 0.15) is 19.3 Å². The highest BCUT2D eigenvalue weighted by atomic mass is 32.2. The van der Waals surface area contributed by atoms with Crippen LogP contribution in [0.15, 0.2) is 24.3 Å². The van der Waals surface area contributed by atoms with E-state index in [0.29, 0.717) is 32.4 Å². The predicted octanol–water partition coefficient (Wildman–Crippen LogP) is 1.41. The summed E-state index contributed by atoms with van der Waals surface area (Å²) in [7, 11) is -1.26.